The summed E-state index contributed by atoms with van der Waals surface area (Å²) in [6.45, 7) is 2.57. The molecule has 0 aliphatic carbocycles. The largest absolute Gasteiger partial charge is 0.368 e. The zero-order chi connectivity index (χ0) is 10.7. The van der Waals surface area contributed by atoms with Crippen LogP contribution in [0.4, 0.5) is 5.82 Å². The van der Waals surface area contributed by atoms with Gasteiger partial charge in [0.05, 0.1) is 0 Å². The molecule has 0 bridgehead atoms. The van der Waals surface area contributed by atoms with Crippen LogP contribution >= 0.6 is 0 Å². The lowest BCUT2D eigenvalue weighted by Crippen LogP contribution is -2.32. The van der Waals surface area contributed by atoms with Gasteiger partial charge >= 0.3 is 0 Å². The summed E-state index contributed by atoms with van der Waals surface area (Å²) in [5, 5.41) is 6.08. The minimum absolute atomic E-state index is 0.140. The van der Waals surface area contributed by atoms with Crippen molar-refractivity contribution in [3.8, 4) is 0 Å². The molecular weight excluding hydrogens is 192 g/mol. The Bertz CT molecular complexity index is 366. The maximum absolute atomic E-state index is 11.0. The third kappa shape index (κ3) is 2.65. The quantitative estimate of drug-likeness (QED) is 0.754. The highest BCUT2D eigenvalue weighted by Gasteiger charge is 2.20. The van der Waals surface area contributed by atoms with Crippen LogP contribution in [0, 0.1) is 6.92 Å². The zero-order valence-corrected chi connectivity index (χ0v) is 8.66. The number of aromatic nitrogens is 2. The molecule has 2 heterocycles. The van der Waals surface area contributed by atoms with Gasteiger partial charge in [-0.25, -0.2) is 9.97 Å². The molecule has 0 radical (unpaired) electrons. The van der Waals surface area contributed by atoms with Crippen molar-refractivity contribution in [2.45, 2.75) is 25.8 Å². The van der Waals surface area contributed by atoms with Crippen LogP contribution in [0.25, 0.3) is 0 Å². The Morgan fingerprint density at radius 1 is 1.67 bits per heavy atom. The fraction of sp³-hybridized carbons (Fsp3) is 0.500. The summed E-state index contributed by atoms with van der Waals surface area (Å²) in [5.74, 6) is 1.69. The van der Waals surface area contributed by atoms with Gasteiger partial charge in [0.1, 0.15) is 11.6 Å². The molecule has 1 unspecified atom stereocenters. The van der Waals surface area contributed by atoms with Crippen molar-refractivity contribution >= 4 is 11.7 Å². The maximum atomic E-state index is 11.0. The Morgan fingerprint density at radius 3 is 3.20 bits per heavy atom. The smallest absolute Gasteiger partial charge is 0.220 e. The molecule has 1 fully saturated rings. The monoisotopic (exact) mass is 206 g/mol. The average molecular weight is 206 g/mol. The molecule has 0 spiro atoms. The molecule has 0 aromatic carbocycles. The zero-order valence-electron chi connectivity index (χ0n) is 8.66. The number of amides is 1. The van der Waals surface area contributed by atoms with E-state index in [2.05, 4.69) is 20.6 Å². The van der Waals surface area contributed by atoms with Crippen LogP contribution in [0.2, 0.25) is 0 Å². The second-order valence-electron chi connectivity index (χ2n) is 3.67. The summed E-state index contributed by atoms with van der Waals surface area (Å²) in [6, 6.07) is 2.05. The number of carbonyl (C=O) groups excluding carboxylic acids is 1. The van der Waals surface area contributed by atoms with Gasteiger partial charge in [-0.2, -0.15) is 0 Å². The van der Waals surface area contributed by atoms with E-state index in [9.17, 15) is 4.79 Å². The van der Waals surface area contributed by atoms with Crippen molar-refractivity contribution in [2.75, 3.05) is 11.9 Å². The van der Waals surface area contributed by atoms with Crippen LogP contribution in [0.3, 0.4) is 0 Å². The molecule has 2 rings (SSSR count). The Hall–Kier alpha value is -1.65. The second kappa shape index (κ2) is 4.25. The van der Waals surface area contributed by atoms with E-state index in [1.54, 1.807) is 6.20 Å². The first-order valence-corrected chi connectivity index (χ1v) is 5.07. The molecule has 1 aliphatic heterocycles. The Labute approximate surface area is 88.3 Å². The van der Waals surface area contributed by atoms with Crippen molar-refractivity contribution in [1.82, 2.24) is 15.3 Å². The van der Waals surface area contributed by atoms with E-state index >= 15 is 0 Å². The van der Waals surface area contributed by atoms with E-state index in [0.29, 0.717) is 6.42 Å². The van der Waals surface area contributed by atoms with Crippen molar-refractivity contribution in [2.24, 2.45) is 0 Å². The first-order chi connectivity index (χ1) is 7.24. The standard InChI is InChI=1S/C10H14N4O/c1-7-11-5-4-9(13-7)12-6-8-2-3-10(15)14-8/h4-5,8H,2-3,6H2,1H3,(H,14,15)(H,11,12,13). The first-order valence-electron chi connectivity index (χ1n) is 5.07. The van der Waals surface area contributed by atoms with Gasteiger partial charge in [0.15, 0.2) is 0 Å². The number of anilines is 1. The fourth-order valence-corrected chi connectivity index (χ4v) is 1.61. The van der Waals surface area contributed by atoms with E-state index in [1.165, 1.54) is 0 Å². The number of aryl methyl sites for hydroxylation is 1. The summed E-state index contributed by atoms with van der Waals surface area (Å²) < 4.78 is 0. The third-order valence-corrected chi connectivity index (χ3v) is 2.39. The molecule has 15 heavy (non-hydrogen) atoms. The van der Waals surface area contributed by atoms with Gasteiger partial charge in [-0.15, -0.1) is 0 Å². The molecule has 80 valence electrons. The SMILES string of the molecule is Cc1nccc(NCC2CCC(=O)N2)n1. The van der Waals surface area contributed by atoms with E-state index in [1.807, 2.05) is 13.0 Å². The van der Waals surface area contributed by atoms with Gasteiger partial charge in [-0.1, -0.05) is 0 Å². The van der Waals surface area contributed by atoms with E-state index in [-0.39, 0.29) is 11.9 Å². The van der Waals surface area contributed by atoms with Gasteiger partial charge in [0.2, 0.25) is 5.91 Å². The maximum Gasteiger partial charge on any atom is 0.220 e. The molecule has 1 aromatic rings. The van der Waals surface area contributed by atoms with E-state index in [0.717, 1.165) is 24.6 Å². The van der Waals surface area contributed by atoms with Crippen LogP contribution in [0.5, 0.6) is 0 Å². The molecule has 2 N–H and O–H groups in total. The lowest BCUT2D eigenvalue weighted by Gasteiger charge is -2.11. The number of hydrogen-bond donors (Lipinski definition) is 2. The van der Waals surface area contributed by atoms with Crippen molar-refractivity contribution in [3.05, 3.63) is 18.1 Å². The Balaban J connectivity index is 1.85. The fourth-order valence-electron chi connectivity index (χ4n) is 1.61. The van der Waals surface area contributed by atoms with Gasteiger partial charge in [0, 0.05) is 25.2 Å². The minimum atomic E-state index is 0.140. The molecule has 0 saturated carbocycles. The normalized spacial score (nSPS) is 20.1. The topological polar surface area (TPSA) is 66.9 Å². The van der Waals surface area contributed by atoms with Gasteiger partial charge < -0.3 is 10.6 Å². The summed E-state index contributed by atoms with van der Waals surface area (Å²) in [6.07, 6.45) is 3.25. The number of hydrogen-bond acceptors (Lipinski definition) is 4. The summed E-state index contributed by atoms with van der Waals surface area (Å²) in [7, 11) is 0. The predicted octanol–water partition coefficient (Wildman–Crippen LogP) is 0.476. The molecule has 5 nitrogen and oxygen atoms in total. The highest BCUT2D eigenvalue weighted by molar-refractivity contribution is 5.78. The van der Waals surface area contributed by atoms with Crippen molar-refractivity contribution in [3.63, 3.8) is 0 Å². The van der Waals surface area contributed by atoms with Crippen LogP contribution in [0.1, 0.15) is 18.7 Å². The van der Waals surface area contributed by atoms with Crippen molar-refractivity contribution < 1.29 is 4.79 Å². The van der Waals surface area contributed by atoms with Crippen LogP contribution in [-0.2, 0) is 4.79 Å². The summed E-state index contributed by atoms with van der Waals surface area (Å²) in [4.78, 5) is 19.2. The number of nitrogens with one attached hydrogen (secondary N) is 2. The number of carbonyl (C=O) groups is 1. The van der Waals surface area contributed by atoms with Gasteiger partial charge in [-0.05, 0) is 19.4 Å². The molecule has 1 atom stereocenters. The molecule has 1 saturated heterocycles. The van der Waals surface area contributed by atoms with Gasteiger partial charge in [-0.3, -0.25) is 4.79 Å². The number of rotatable bonds is 3. The molecule has 1 amide bonds. The Morgan fingerprint density at radius 2 is 2.53 bits per heavy atom. The summed E-state index contributed by atoms with van der Waals surface area (Å²) >= 11 is 0. The summed E-state index contributed by atoms with van der Waals surface area (Å²) in [5.41, 5.74) is 0. The molecule has 1 aliphatic rings. The van der Waals surface area contributed by atoms with Crippen LogP contribution in [0.15, 0.2) is 12.3 Å². The van der Waals surface area contributed by atoms with E-state index < -0.39 is 0 Å². The second-order valence-corrected chi connectivity index (χ2v) is 3.67. The molecule has 5 heteroatoms. The Kier molecular flexibility index (Phi) is 2.80. The predicted molar refractivity (Wildman–Crippen MR) is 56.4 cm³/mol. The van der Waals surface area contributed by atoms with Crippen LogP contribution < -0.4 is 10.6 Å². The minimum Gasteiger partial charge on any atom is -0.368 e. The average Bonchev–Trinajstić information content (AvgIpc) is 2.62. The lowest BCUT2D eigenvalue weighted by molar-refractivity contribution is -0.119. The first kappa shape index (κ1) is 9.89. The lowest BCUT2D eigenvalue weighted by atomic mass is 10.2. The molecular formula is C10H14N4O. The van der Waals surface area contributed by atoms with Crippen LogP contribution in [-0.4, -0.2) is 28.5 Å². The number of nitrogens with zero attached hydrogens (tertiary/aromatic N) is 2. The van der Waals surface area contributed by atoms with Gasteiger partial charge in [0.25, 0.3) is 0 Å². The van der Waals surface area contributed by atoms with Crippen molar-refractivity contribution in [1.29, 1.82) is 0 Å². The highest BCUT2D eigenvalue weighted by Crippen LogP contribution is 2.08. The third-order valence-electron chi connectivity index (χ3n) is 2.39. The van der Waals surface area contributed by atoms with E-state index in [4.69, 9.17) is 0 Å². The highest BCUT2D eigenvalue weighted by atomic mass is 16.1. The molecule has 1 aromatic heterocycles.